The summed E-state index contributed by atoms with van der Waals surface area (Å²) in [5.41, 5.74) is 7.75. The number of nitrogens with zero attached hydrogens (tertiary/aromatic N) is 1. The average Bonchev–Trinajstić information content (AvgIpc) is 2.53. The van der Waals surface area contributed by atoms with Crippen molar-refractivity contribution in [3.05, 3.63) is 34.9 Å². The maximum absolute atomic E-state index is 12.8. The van der Waals surface area contributed by atoms with Crippen LogP contribution < -0.4 is 5.73 Å². The lowest BCUT2D eigenvalue weighted by Crippen LogP contribution is -2.45. The predicted molar refractivity (Wildman–Crippen MR) is 82.9 cm³/mol. The first-order valence-corrected chi connectivity index (χ1v) is 7.38. The molecule has 112 valence electrons. The van der Waals surface area contributed by atoms with Gasteiger partial charge in [0.15, 0.2) is 0 Å². The van der Waals surface area contributed by atoms with E-state index in [2.05, 4.69) is 11.8 Å². The van der Waals surface area contributed by atoms with Gasteiger partial charge in [-0.05, 0) is 38.3 Å². The Labute approximate surface area is 125 Å². The lowest BCUT2D eigenvalue weighted by molar-refractivity contribution is 0.0502. The Morgan fingerprint density at radius 1 is 1.48 bits per heavy atom. The standard InChI is InChI=1S/C17H22N2O2/c1-13-7-8-14(5-4-9-18)16(11-13)17(21)19-10-3-2-6-15(19)12-20/h7-8,11,15,20H,2-3,6,9-10,12,18H2,1H3. The highest BCUT2D eigenvalue weighted by atomic mass is 16.3. The van der Waals surface area contributed by atoms with Crippen LogP contribution in [0.2, 0.25) is 0 Å². The molecule has 1 aromatic rings. The normalized spacial score (nSPS) is 18.0. The summed E-state index contributed by atoms with van der Waals surface area (Å²) in [5, 5.41) is 9.48. The summed E-state index contributed by atoms with van der Waals surface area (Å²) < 4.78 is 0. The lowest BCUT2D eigenvalue weighted by Gasteiger charge is -2.35. The lowest BCUT2D eigenvalue weighted by atomic mass is 9.98. The first kappa shape index (κ1) is 15.6. The molecule has 2 rings (SSSR count). The van der Waals surface area contributed by atoms with Crippen molar-refractivity contribution in [1.82, 2.24) is 4.90 Å². The molecule has 1 amide bonds. The van der Waals surface area contributed by atoms with Crippen LogP contribution in [-0.2, 0) is 0 Å². The van der Waals surface area contributed by atoms with Crippen molar-refractivity contribution in [1.29, 1.82) is 0 Å². The zero-order chi connectivity index (χ0) is 15.2. The molecule has 1 saturated heterocycles. The molecule has 0 radical (unpaired) electrons. The van der Waals surface area contributed by atoms with Crippen LogP contribution in [0.5, 0.6) is 0 Å². The third-order valence-corrected chi connectivity index (χ3v) is 3.83. The van der Waals surface area contributed by atoms with Gasteiger partial charge in [-0.2, -0.15) is 0 Å². The van der Waals surface area contributed by atoms with Gasteiger partial charge in [0.05, 0.1) is 24.8 Å². The van der Waals surface area contributed by atoms with Crippen LogP contribution >= 0.6 is 0 Å². The number of hydrogen-bond donors (Lipinski definition) is 2. The molecule has 0 saturated carbocycles. The van der Waals surface area contributed by atoms with E-state index in [1.807, 2.05) is 25.1 Å². The molecule has 1 unspecified atom stereocenters. The zero-order valence-electron chi connectivity index (χ0n) is 12.4. The van der Waals surface area contributed by atoms with E-state index in [4.69, 9.17) is 5.73 Å². The maximum Gasteiger partial charge on any atom is 0.255 e. The van der Waals surface area contributed by atoms with E-state index in [0.29, 0.717) is 17.7 Å². The number of piperidine rings is 1. The van der Waals surface area contributed by atoms with Gasteiger partial charge in [0.25, 0.3) is 5.91 Å². The van der Waals surface area contributed by atoms with Crippen molar-refractivity contribution in [2.45, 2.75) is 32.2 Å². The van der Waals surface area contributed by atoms with E-state index < -0.39 is 0 Å². The quantitative estimate of drug-likeness (QED) is 0.805. The van der Waals surface area contributed by atoms with E-state index in [9.17, 15) is 9.90 Å². The molecule has 1 aliphatic heterocycles. The second kappa shape index (κ2) is 7.26. The minimum absolute atomic E-state index is 0.0152. The molecule has 4 nitrogen and oxygen atoms in total. The van der Waals surface area contributed by atoms with Crippen LogP contribution in [-0.4, -0.2) is 41.7 Å². The molecule has 0 spiro atoms. The van der Waals surface area contributed by atoms with Gasteiger partial charge >= 0.3 is 0 Å². The summed E-state index contributed by atoms with van der Waals surface area (Å²) in [7, 11) is 0. The van der Waals surface area contributed by atoms with E-state index in [0.717, 1.165) is 24.8 Å². The van der Waals surface area contributed by atoms with Crippen LogP contribution in [0.25, 0.3) is 0 Å². The van der Waals surface area contributed by atoms with Crippen molar-refractivity contribution in [2.75, 3.05) is 19.7 Å². The molecule has 0 bridgehead atoms. The number of carbonyl (C=O) groups excluding carboxylic acids is 1. The average molecular weight is 286 g/mol. The number of amides is 1. The van der Waals surface area contributed by atoms with Crippen LogP contribution in [0.3, 0.4) is 0 Å². The Kier molecular flexibility index (Phi) is 5.38. The van der Waals surface area contributed by atoms with Gasteiger partial charge in [-0.3, -0.25) is 4.79 Å². The van der Waals surface area contributed by atoms with Crippen molar-refractivity contribution in [2.24, 2.45) is 5.73 Å². The topological polar surface area (TPSA) is 66.6 Å². The van der Waals surface area contributed by atoms with Crippen molar-refractivity contribution < 1.29 is 9.90 Å². The van der Waals surface area contributed by atoms with Gasteiger partial charge in [-0.15, -0.1) is 0 Å². The van der Waals surface area contributed by atoms with E-state index in [1.54, 1.807) is 4.90 Å². The number of aliphatic hydroxyl groups excluding tert-OH is 1. The molecule has 1 heterocycles. The van der Waals surface area contributed by atoms with Crippen LogP contribution in [0, 0.1) is 18.8 Å². The van der Waals surface area contributed by atoms with Gasteiger partial charge in [-0.1, -0.05) is 23.5 Å². The summed E-state index contributed by atoms with van der Waals surface area (Å²) in [6.45, 7) is 2.93. The highest BCUT2D eigenvalue weighted by Crippen LogP contribution is 2.21. The fourth-order valence-corrected chi connectivity index (χ4v) is 2.70. The van der Waals surface area contributed by atoms with Gasteiger partial charge in [-0.25, -0.2) is 0 Å². The summed E-state index contributed by atoms with van der Waals surface area (Å²) in [4.78, 5) is 14.6. The highest BCUT2D eigenvalue weighted by molar-refractivity contribution is 5.97. The minimum atomic E-state index is -0.0814. The van der Waals surface area contributed by atoms with Crippen LogP contribution in [0.4, 0.5) is 0 Å². The monoisotopic (exact) mass is 286 g/mol. The zero-order valence-corrected chi connectivity index (χ0v) is 12.4. The fraction of sp³-hybridized carbons (Fsp3) is 0.471. The largest absolute Gasteiger partial charge is 0.394 e. The smallest absolute Gasteiger partial charge is 0.255 e. The molecule has 1 aliphatic rings. The van der Waals surface area contributed by atoms with Crippen molar-refractivity contribution in [3.63, 3.8) is 0 Å². The summed E-state index contributed by atoms with van der Waals surface area (Å²) in [5.74, 6) is 5.73. The Bertz CT molecular complexity index is 572. The molecular formula is C17H22N2O2. The molecule has 1 atom stereocenters. The van der Waals surface area contributed by atoms with E-state index in [-0.39, 0.29) is 25.1 Å². The second-order valence-electron chi connectivity index (χ2n) is 5.39. The number of nitrogens with two attached hydrogens (primary N) is 1. The maximum atomic E-state index is 12.8. The van der Waals surface area contributed by atoms with Crippen LogP contribution in [0.1, 0.15) is 40.7 Å². The summed E-state index contributed by atoms with van der Waals surface area (Å²) in [6.07, 6.45) is 2.90. The van der Waals surface area contributed by atoms with E-state index in [1.165, 1.54) is 0 Å². The van der Waals surface area contributed by atoms with Gasteiger partial charge in [0.1, 0.15) is 0 Å². The van der Waals surface area contributed by atoms with Crippen molar-refractivity contribution in [3.8, 4) is 11.8 Å². The number of likely N-dealkylation sites (tertiary alicyclic amines) is 1. The number of aliphatic hydroxyl groups is 1. The fourth-order valence-electron chi connectivity index (χ4n) is 2.70. The Morgan fingerprint density at radius 3 is 3.00 bits per heavy atom. The number of hydrogen-bond acceptors (Lipinski definition) is 3. The molecule has 4 heteroatoms. The summed E-state index contributed by atoms with van der Waals surface area (Å²) >= 11 is 0. The molecule has 1 aromatic carbocycles. The molecule has 21 heavy (non-hydrogen) atoms. The molecular weight excluding hydrogens is 264 g/mol. The third kappa shape index (κ3) is 3.63. The molecule has 0 aromatic heterocycles. The Morgan fingerprint density at radius 2 is 2.29 bits per heavy atom. The number of benzene rings is 1. The first-order valence-electron chi connectivity index (χ1n) is 7.38. The van der Waals surface area contributed by atoms with E-state index >= 15 is 0 Å². The number of aryl methyl sites for hydroxylation is 1. The van der Waals surface area contributed by atoms with Gasteiger partial charge < -0.3 is 15.7 Å². The van der Waals surface area contributed by atoms with Gasteiger partial charge in [0.2, 0.25) is 0 Å². The number of carbonyl (C=O) groups is 1. The second-order valence-corrected chi connectivity index (χ2v) is 5.39. The summed E-state index contributed by atoms with van der Waals surface area (Å²) in [6, 6.07) is 5.59. The first-order chi connectivity index (χ1) is 10.2. The molecule has 3 N–H and O–H groups in total. The third-order valence-electron chi connectivity index (χ3n) is 3.83. The molecule has 0 aliphatic carbocycles. The predicted octanol–water partition coefficient (Wildman–Crippen LogP) is 1.29. The Hall–Kier alpha value is -1.83. The van der Waals surface area contributed by atoms with Crippen molar-refractivity contribution >= 4 is 5.91 Å². The number of rotatable bonds is 2. The molecule has 1 fully saturated rings. The minimum Gasteiger partial charge on any atom is -0.394 e. The SMILES string of the molecule is Cc1ccc(C#CCN)c(C(=O)N2CCCCC2CO)c1. The van der Waals surface area contributed by atoms with Crippen LogP contribution in [0.15, 0.2) is 18.2 Å². The highest BCUT2D eigenvalue weighted by Gasteiger charge is 2.28. The Balaban J connectivity index is 2.35. The van der Waals surface area contributed by atoms with Gasteiger partial charge in [0, 0.05) is 12.1 Å².